The fourth-order valence-electron chi connectivity index (χ4n) is 7.81. The van der Waals surface area contributed by atoms with Crippen LogP contribution in [0.15, 0.2) is 66.7 Å². The summed E-state index contributed by atoms with van der Waals surface area (Å²) < 4.78 is 12.3. The van der Waals surface area contributed by atoms with E-state index >= 15 is 0 Å². The summed E-state index contributed by atoms with van der Waals surface area (Å²) in [6.07, 6.45) is 7.14. The van der Waals surface area contributed by atoms with Crippen LogP contribution >= 0.6 is 23.2 Å². The number of hydrogen-bond acceptors (Lipinski definition) is 6. The predicted molar refractivity (Wildman–Crippen MR) is 204 cm³/mol. The minimum atomic E-state index is -0.744. The van der Waals surface area contributed by atoms with Crippen molar-refractivity contribution in [3.05, 3.63) is 116 Å². The third kappa shape index (κ3) is 7.84. The number of methoxy groups -OCH3 is 1. The number of rotatable bonds is 11. The molecule has 2 heterocycles. The smallest absolute Gasteiger partial charge is 0.307 e. The highest BCUT2D eigenvalue weighted by molar-refractivity contribution is 6.35. The normalized spacial score (nSPS) is 20.7. The highest BCUT2D eigenvalue weighted by Crippen LogP contribution is 2.42. The minimum Gasteiger partial charge on any atom is -0.496 e. The number of carboxylic acids is 1. The number of aliphatic carboxylic acids is 1. The summed E-state index contributed by atoms with van der Waals surface area (Å²) in [6.45, 7) is 6.48. The number of nitrogens with zero attached hydrogens (tertiary/aromatic N) is 2. The molecule has 0 amide bonds. The fourth-order valence-corrected chi connectivity index (χ4v) is 8.33. The van der Waals surface area contributed by atoms with Crippen molar-refractivity contribution >= 4 is 41.3 Å². The number of fused-ring (bicyclic) bond motifs is 1. The minimum absolute atomic E-state index is 0.0593. The summed E-state index contributed by atoms with van der Waals surface area (Å²) in [5.41, 5.74) is 9.66. The monoisotopic (exact) mass is 726 g/mol. The molecule has 2 saturated heterocycles. The number of ether oxygens (including phenoxy) is 2. The van der Waals surface area contributed by atoms with Gasteiger partial charge in [-0.1, -0.05) is 83.9 Å². The van der Waals surface area contributed by atoms with Crippen LogP contribution in [-0.4, -0.2) is 65.4 Å². The number of hydrogen-bond donors (Lipinski definition) is 2. The van der Waals surface area contributed by atoms with Crippen LogP contribution in [0.4, 0.5) is 0 Å². The van der Waals surface area contributed by atoms with Gasteiger partial charge in [-0.2, -0.15) is 0 Å². The molecule has 0 radical (unpaired) electrons. The third-order valence-corrected chi connectivity index (χ3v) is 11.4. The standard InChI is InChI=1S/C42H44Cl2N2O5/c1-26-28(10-11-30-21-40(50-2)32(20-37(30)43)24-46-17-15-31(23-46)42(48)49)5-3-6-34(26)36-7-4-8-39(41(36)44)51-38-14-12-29-19-27(9-13-35(29)38)22-45-18-16-33(47)25-45/h3-11,13,19-21,31,33,38,47H,12,14-18,22-25H2,1-2H3,(H,48,49)/b11-10+/t31-,33-,38?/m1/s1. The molecule has 0 aromatic heterocycles. The van der Waals surface area contributed by atoms with Crippen LogP contribution in [0, 0.1) is 12.8 Å². The molecule has 1 aliphatic carbocycles. The molecule has 9 heteroatoms. The Morgan fingerprint density at radius 1 is 0.882 bits per heavy atom. The SMILES string of the molecule is COc1cc(/C=C/c2cccc(-c3cccc(OC4CCc5cc(CN6CC[C@@H](O)C6)ccc54)c3Cl)c2C)c(Cl)cc1CN1CC[C@@H](C(=O)O)C1. The quantitative estimate of drug-likeness (QED) is 0.150. The summed E-state index contributed by atoms with van der Waals surface area (Å²) >= 11 is 13.9. The van der Waals surface area contributed by atoms with Gasteiger partial charge in [0.05, 0.1) is 24.2 Å². The van der Waals surface area contributed by atoms with Gasteiger partial charge < -0.3 is 19.7 Å². The Labute approximate surface area is 310 Å². The van der Waals surface area contributed by atoms with E-state index in [9.17, 15) is 15.0 Å². The molecule has 0 bridgehead atoms. The summed E-state index contributed by atoms with van der Waals surface area (Å²) in [5, 5.41) is 20.5. The van der Waals surface area contributed by atoms with Crippen molar-refractivity contribution in [2.45, 2.75) is 57.9 Å². The number of carboxylic acid groups (broad SMARTS) is 1. The molecule has 4 aromatic rings. The van der Waals surface area contributed by atoms with Crippen LogP contribution in [0.3, 0.4) is 0 Å². The van der Waals surface area contributed by atoms with E-state index in [0.717, 1.165) is 84.6 Å². The molecule has 2 aliphatic heterocycles. The summed E-state index contributed by atoms with van der Waals surface area (Å²) in [5.74, 6) is 0.319. The molecule has 2 fully saturated rings. The number of aryl methyl sites for hydroxylation is 1. The van der Waals surface area contributed by atoms with Gasteiger partial charge in [0.15, 0.2) is 0 Å². The first-order valence-corrected chi connectivity index (χ1v) is 18.5. The second-order valence-electron chi connectivity index (χ2n) is 14.1. The first-order valence-electron chi connectivity index (χ1n) is 17.7. The molecule has 3 aliphatic rings. The number of likely N-dealkylation sites (tertiary alicyclic amines) is 2. The average Bonchev–Trinajstić information content (AvgIpc) is 3.86. The zero-order chi connectivity index (χ0) is 35.6. The van der Waals surface area contributed by atoms with Gasteiger partial charge in [0, 0.05) is 48.9 Å². The zero-order valence-electron chi connectivity index (χ0n) is 29.1. The first kappa shape index (κ1) is 35.5. The van der Waals surface area contributed by atoms with Crippen molar-refractivity contribution in [3.63, 3.8) is 0 Å². The average molecular weight is 728 g/mol. The second-order valence-corrected chi connectivity index (χ2v) is 14.9. The lowest BCUT2D eigenvalue weighted by atomic mass is 9.95. The summed E-state index contributed by atoms with van der Waals surface area (Å²) in [6, 6.07) is 22.7. The van der Waals surface area contributed by atoms with E-state index in [2.05, 4.69) is 53.1 Å². The molecule has 1 unspecified atom stereocenters. The molecule has 3 atom stereocenters. The van der Waals surface area contributed by atoms with Gasteiger partial charge in [0.1, 0.15) is 17.6 Å². The Morgan fingerprint density at radius 3 is 2.41 bits per heavy atom. The Bertz CT molecular complexity index is 1960. The van der Waals surface area contributed by atoms with E-state index in [1.165, 1.54) is 16.7 Å². The van der Waals surface area contributed by atoms with Gasteiger partial charge in [-0.3, -0.25) is 14.6 Å². The van der Waals surface area contributed by atoms with Gasteiger partial charge in [-0.25, -0.2) is 0 Å². The number of halogens is 2. The van der Waals surface area contributed by atoms with Gasteiger partial charge in [0.2, 0.25) is 0 Å². The summed E-state index contributed by atoms with van der Waals surface area (Å²) in [4.78, 5) is 15.9. The number of aliphatic hydroxyl groups is 1. The number of aliphatic hydroxyl groups excluding tert-OH is 1. The lowest BCUT2D eigenvalue weighted by molar-refractivity contribution is -0.141. The van der Waals surface area contributed by atoms with E-state index in [4.69, 9.17) is 32.7 Å². The highest BCUT2D eigenvalue weighted by Gasteiger charge is 2.29. The maximum absolute atomic E-state index is 11.4. The zero-order valence-corrected chi connectivity index (χ0v) is 30.6. The number of β-amino-alcohol motifs (C(OH)–C–C–N with tert-alkyl or cyclic N) is 1. The Balaban J connectivity index is 1.06. The Kier molecular flexibility index (Phi) is 10.7. The van der Waals surface area contributed by atoms with Gasteiger partial charge >= 0.3 is 5.97 Å². The first-order chi connectivity index (χ1) is 24.7. The van der Waals surface area contributed by atoms with Crippen LogP contribution in [0.25, 0.3) is 23.3 Å². The molecule has 7 rings (SSSR count). The van der Waals surface area contributed by atoms with Crippen LogP contribution in [-0.2, 0) is 24.3 Å². The van der Waals surface area contributed by atoms with Crippen LogP contribution in [0.2, 0.25) is 10.0 Å². The van der Waals surface area contributed by atoms with E-state index in [1.807, 2.05) is 42.5 Å². The van der Waals surface area contributed by atoms with Crippen LogP contribution in [0.1, 0.15) is 64.3 Å². The number of benzene rings is 4. The Hall–Kier alpha value is -3.85. The van der Waals surface area contributed by atoms with Crippen molar-refractivity contribution in [1.29, 1.82) is 0 Å². The lowest BCUT2D eigenvalue weighted by Crippen LogP contribution is -2.23. The maximum atomic E-state index is 11.4. The largest absolute Gasteiger partial charge is 0.496 e. The van der Waals surface area contributed by atoms with Crippen molar-refractivity contribution in [2.75, 3.05) is 33.3 Å². The molecule has 7 nitrogen and oxygen atoms in total. The van der Waals surface area contributed by atoms with E-state index in [1.54, 1.807) is 7.11 Å². The molecule has 0 spiro atoms. The topological polar surface area (TPSA) is 82.5 Å². The molecule has 266 valence electrons. The van der Waals surface area contributed by atoms with Crippen LogP contribution < -0.4 is 9.47 Å². The van der Waals surface area contributed by atoms with Crippen molar-refractivity contribution < 1.29 is 24.5 Å². The molecule has 4 aromatic carbocycles. The van der Waals surface area contributed by atoms with Gasteiger partial charge in [0.25, 0.3) is 0 Å². The Morgan fingerprint density at radius 2 is 1.65 bits per heavy atom. The van der Waals surface area contributed by atoms with E-state index < -0.39 is 5.97 Å². The highest BCUT2D eigenvalue weighted by atomic mass is 35.5. The molecular weight excluding hydrogens is 683 g/mol. The van der Waals surface area contributed by atoms with Crippen LogP contribution in [0.5, 0.6) is 11.5 Å². The van der Waals surface area contributed by atoms with Crippen molar-refractivity contribution in [2.24, 2.45) is 5.92 Å². The second kappa shape index (κ2) is 15.4. The van der Waals surface area contributed by atoms with Crippen molar-refractivity contribution in [1.82, 2.24) is 9.80 Å². The molecular formula is C42H44Cl2N2O5. The molecule has 0 saturated carbocycles. The van der Waals surface area contributed by atoms with Gasteiger partial charge in [-0.15, -0.1) is 0 Å². The molecule has 2 N–H and O–H groups in total. The van der Waals surface area contributed by atoms with Gasteiger partial charge in [-0.05, 0) is 96.3 Å². The van der Waals surface area contributed by atoms with E-state index in [0.29, 0.717) is 35.3 Å². The molecule has 51 heavy (non-hydrogen) atoms. The maximum Gasteiger partial charge on any atom is 0.307 e. The fraction of sp³-hybridized carbons (Fsp3) is 0.357. The lowest BCUT2D eigenvalue weighted by Gasteiger charge is -2.19. The van der Waals surface area contributed by atoms with E-state index in [-0.39, 0.29) is 18.1 Å². The third-order valence-electron chi connectivity index (χ3n) is 10.6. The van der Waals surface area contributed by atoms with Crippen molar-refractivity contribution in [3.8, 4) is 22.6 Å². The number of carbonyl (C=O) groups is 1. The summed E-state index contributed by atoms with van der Waals surface area (Å²) in [7, 11) is 1.64. The predicted octanol–water partition coefficient (Wildman–Crippen LogP) is 8.69.